The van der Waals surface area contributed by atoms with Crippen LogP contribution >= 0.6 is 0 Å². The fourth-order valence-corrected chi connectivity index (χ4v) is 5.74. The number of fused-ring (bicyclic) bond motifs is 2. The molecule has 40 heavy (non-hydrogen) atoms. The lowest BCUT2D eigenvalue weighted by Crippen LogP contribution is -2.41. The predicted octanol–water partition coefficient (Wildman–Crippen LogP) is 4.78. The summed E-state index contributed by atoms with van der Waals surface area (Å²) >= 11 is 0. The minimum Gasteiger partial charge on any atom is -0.342 e. The zero-order valence-electron chi connectivity index (χ0n) is 22.9. The summed E-state index contributed by atoms with van der Waals surface area (Å²) in [5.74, 6) is 0.388. The Hall–Kier alpha value is -3.99. The number of rotatable bonds is 6. The van der Waals surface area contributed by atoms with Gasteiger partial charge in [0.05, 0.1) is 18.3 Å². The number of nitrogens with one attached hydrogen (secondary N) is 1. The van der Waals surface area contributed by atoms with Gasteiger partial charge in [-0.2, -0.15) is 0 Å². The molecule has 1 N–H and O–H groups in total. The first kappa shape index (κ1) is 26.2. The number of aryl methyl sites for hydroxylation is 1. The Morgan fingerprint density at radius 1 is 1.05 bits per heavy atom. The fraction of sp³-hybridized carbons (Fsp3) is 0.414. The molecule has 0 aliphatic carbocycles. The van der Waals surface area contributed by atoms with E-state index in [1.807, 2.05) is 42.4 Å². The van der Waals surface area contributed by atoms with Gasteiger partial charge in [0, 0.05) is 49.9 Å². The molecule has 0 saturated carbocycles. The molecule has 3 aromatic heterocycles. The van der Waals surface area contributed by atoms with Gasteiger partial charge in [0.15, 0.2) is 11.6 Å². The van der Waals surface area contributed by atoms with E-state index in [9.17, 15) is 9.18 Å². The maximum Gasteiger partial charge on any atom is 0.236 e. The Bertz CT molecular complexity index is 1590. The third-order valence-electron chi connectivity index (χ3n) is 7.64. The highest BCUT2D eigenvalue weighted by atomic mass is 19.1. The van der Waals surface area contributed by atoms with E-state index in [4.69, 9.17) is 4.98 Å². The number of benzene rings is 1. The van der Waals surface area contributed by atoms with Crippen LogP contribution in [0.3, 0.4) is 0 Å². The monoisotopic (exact) mass is 546 g/mol. The van der Waals surface area contributed by atoms with E-state index >= 15 is 4.39 Å². The molecule has 2 aliphatic heterocycles. The molecule has 0 atom stereocenters. The highest BCUT2D eigenvalue weighted by Gasteiger charge is 2.24. The van der Waals surface area contributed by atoms with E-state index in [0.717, 1.165) is 56.4 Å². The SMILES string of the molecule is Cc1nc2c(F)cc(-c3nc(Nc4ccc5c(n4)CCN(CC(=O)N4CCCC4)C5)ncc3F)cc2n1C(C)C. The Balaban J connectivity index is 1.21. The summed E-state index contributed by atoms with van der Waals surface area (Å²) in [5.41, 5.74) is 3.15. The first-order valence-corrected chi connectivity index (χ1v) is 13.7. The first-order chi connectivity index (χ1) is 19.3. The first-order valence-electron chi connectivity index (χ1n) is 13.7. The summed E-state index contributed by atoms with van der Waals surface area (Å²) in [4.78, 5) is 34.2. The number of nitrogens with zero attached hydrogens (tertiary/aromatic N) is 7. The van der Waals surface area contributed by atoms with Crippen LogP contribution < -0.4 is 5.32 Å². The minimum absolute atomic E-state index is 0.0104. The molecule has 208 valence electrons. The molecule has 1 amide bonds. The highest BCUT2D eigenvalue weighted by Crippen LogP contribution is 2.30. The van der Waals surface area contributed by atoms with Crippen LogP contribution in [0.1, 0.15) is 49.8 Å². The summed E-state index contributed by atoms with van der Waals surface area (Å²) in [6, 6.07) is 6.84. The third-order valence-corrected chi connectivity index (χ3v) is 7.64. The van der Waals surface area contributed by atoms with Gasteiger partial charge in [0.2, 0.25) is 11.9 Å². The molecule has 5 heterocycles. The Morgan fingerprint density at radius 2 is 1.85 bits per heavy atom. The van der Waals surface area contributed by atoms with E-state index in [-0.39, 0.29) is 29.1 Å². The van der Waals surface area contributed by atoms with Crippen molar-refractivity contribution in [3.8, 4) is 11.3 Å². The topological polar surface area (TPSA) is 92.1 Å². The van der Waals surface area contributed by atoms with Crippen molar-refractivity contribution in [1.29, 1.82) is 0 Å². The van der Waals surface area contributed by atoms with Crippen LogP contribution in [0.2, 0.25) is 0 Å². The lowest BCUT2D eigenvalue weighted by molar-refractivity contribution is -0.131. The van der Waals surface area contributed by atoms with Crippen LogP contribution in [-0.2, 0) is 17.8 Å². The van der Waals surface area contributed by atoms with E-state index < -0.39 is 11.6 Å². The summed E-state index contributed by atoms with van der Waals surface area (Å²) in [6.07, 6.45) is 3.97. The van der Waals surface area contributed by atoms with Crippen LogP contribution in [0, 0.1) is 18.6 Å². The van der Waals surface area contributed by atoms with Crippen molar-refractivity contribution in [2.45, 2.75) is 52.6 Å². The molecule has 0 radical (unpaired) electrons. The van der Waals surface area contributed by atoms with Crippen molar-refractivity contribution in [2.24, 2.45) is 0 Å². The van der Waals surface area contributed by atoms with Crippen LogP contribution in [0.5, 0.6) is 0 Å². The average molecular weight is 547 g/mol. The number of imidazole rings is 1. The van der Waals surface area contributed by atoms with Gasteiger partial charge in [-0.05, 0) is 57.4 Å². The molecule has 9 nitrogen and oxygen atoms in total. The molecule has 11 heteroatoms. The van der Waals surface area contributed by atoms with E-state index in [1.54, 1.807) is 6.07 Å². The smallest absolute Gasteiger partial charge is 0.236 e. The van der Waals surface area contributed by atoms with Crippen molar-refractivity contribution in [2.75, 3.05) is 31.5 Å². The fourth-order valence-electron chi connectivity index (χ4n) is 5.74. The standard InChI is InChI=1S/C29H32F2N8O/c1-17(2)39-18(3)33-28-21(30)12-20(13-24(28)39)27-22(31)14-32-29(36-27)35-25-7-6-19-15-37(11-8-23(19)34-25)16-26(40)38-9-4-5-10-38/h6-7,12-14,17H,4-5,8-11,15-16H2,1-3H3,(H,32,34,35,36). The Labute approximate surface area is 231 Å². The van der Waals surface area contributed by atoms with E-state index in [0.29, 0.717) is 35.8 Å². The number of anilines is 2. The molecule has 2 aliphatic rings. The lowest BCUT2D eigenvalue weighted by Gasteiger charge is -2.29. The van der Waals surface area contributed by atoms with Crippen molar-refractivity contribution in [3.63, 3.8) is 0 Å². The van der Waals surface area contributed by atoms with Gasteiger partial charge in [0.1, 0.15) is 22.9 Å². The van der Waals surface area contributed by atoms with Gasteiger partial charge in [0.25, 0.3) is 0 Å². The molecule has 1 aromatic carbocycles. The number of hydrogen-bond acceptors (Lipinski definition) is 7. The number of aromatic nitrogens is 5. The van der Waals surface area contributed by atoms with Gasteiger partial charge >= 0.3 is 0 Å². The highest BCUT2D eigenvalue weighted by molar-refractivity contribution is 5.83. The predicted molar refractivity (Wildman–Crippen MR) is 148 cm³/mol. The van der Waals surface area contributed by atoms with Gasteiger partial charge < -0.3 is 14.8 Å². The quantitative estimate of drug-likeness (QED) is 0.372. The number of hydrogen-bond donors (Lipinski definition) is 1. The zero-order valence-corrected chi connectivity index (χ0v) is 22.9. The number of pyridine rings is 1. The van der Waals surface area contributed by atoms with Gasteiger partial charge in [-0.15, -0.1) is 0 Å². The number of halogens is 2. The van der Waals surface area contributed by atoms with E-state index in [2.05, 4.69) is 25.2 Å². The van der Waals surface area contributed by atoms with Crippen LogP contribution in [-0.4, -0.2) is 66.4 Å². The second kappa shape index (κ2) is 10.5. The van der Waals surface area contributed by atoms with Crippen LogP contribution in [0.25, 0.3) is 22.3 Å². The zero-order chi connectivity index (χ0) is 28.0. The summed E-state index contributed by atoms with van der Waals surface area (Å²) in [6.45, 7) is 9.37. The maximum absolute atomic E-state index is 15.0. The van der Waals surface area contributed by atoms with Crippen molar-refractivity contribution in [3.05, 3.63) is 59.2 Å². The Morgan fingerprint density at radius 3 is 2.62 bits per heavy atom. The maximum atomic E-state index is 15.0. The molecule has 4 aromatic rings. The third kappa shape index (κ3) is 5.01. The van der Waals surface area contributed by atoms with Crippen molar-refractivity contribution in [1.82, 2.24) is 34.3 Å². The summed E-state index contributed by atoms with van der Waals surface area (Å²) in [7, 11) is 0. The number of likely N-dealkylation sites (tertiary alicyclic amines) is 1. The molecule has 1 fully saturated rings. The van der Waals surface area contributed by atoms with Crippen molar-refractivity contribution < 1.29 is 13.6 Å². The minimum atomic E-state index is -0.654. The normalized spacial score (nSPS) is 15.7. The molecule has 1 saturated heterocycles. The van der Waals surface area contributed by atoms with Crippen LogP contribution in [0.15, 0.2) is 30.5 Å². The van der Waals surface area contributed by atoms with Gasteiger partial charge in [-0.1, -0.05) is 6.07 Å². The lowest BCUT2D eigenvalue weighted by atomic mass is 10.1. The molecule has 0 unspecified atom stereocenters. The van der Waals surface area contributed by atoms with E-state index in [1.165, 1.54) is 6.07 Å². The number of carbonyl (C=O) groups is 1. The molecular formula is C29H32F2N8O. The second-order valence-corrected chi connectivity index (χ2v) is 10.8. The molecular weight excluding hydrogens is 514 g/mol. The van der Waals surface area contributed by atoms with Gasteiger partial charge in [-0.25, -0.2) is 28.7 Å². The van der Waals surface area contributed by atoms with Gasteiger partial charge in [-0.3, -0.25) is 9.69 Å². The molecule has 0 bridgehead atoms. The largest absolute Gasteiger partial charge is 0.342 e. The summed E-state index contributed by atoms with van der Waals surface area (Å²) < 4.78 is 31.8. The second-order valence-electron chi connectivity index (χ2n) is 10.8. The number of amides is 1. The molecule has 6 rings (SSSR count). The van der Waals surface area contributed by atoms with Crippen LogP contribution in [0.4, 0.5) is 20.5 Å². The average Bonchev–Trinajstić information content (AvgIpc) is 3.58. The Kier molecular flexibility index (Phi) is 6.91. The molecule has 0 spiro atoms. The van der Waals surface area contributed by atoms with Crippen molar-refractivity contribution >= 4 is 28.7 Å². The number of carbonyl (C=O) groups excluding carboxylic acids is 1. The summed E-state index contributed by atoms with van der Waals surface area (Å²) in [5, 5.41) is 3.07.